The molecule has 2 unspecified atom stereocenters. The van der Waals surface area contributed by atoms with Gasteiger partial charge in [-0.3, -0.25) is 14.3 Å². The topological polar surface area (TPSA) is 90.9 Å². The molecular weight excluding hydrogens is 448 g/mol. The Balaban J connectivity index is 1.37. The van der Waals surface area contributed by atoms with Crippen molar-refractivity contribution in [2.45, 2.75) is 69.4 Å². The van der Waals surface area contributed by atoms with Crippen molar-refractivity contribution in [2.75, 3.05) is 19.4 Å². The van der Waals surface area contributed by atoms with Gasteiger partial charge in [-0.25, -0.2) is 8.57 Å². The van der Waals surface area contributed by atoms with Crippen LogP contribution in [0.5, 0.6) is 0 Å². The normalized spacial score (nSPS) is 21.1. The minimum absolute atomic E-state index is 0.109. The van der Waals surface area contributed by atoms with Crippen LogP contribution in [0.1, 0.15) is 64.4 Å². The highest BCUT2D eigenvalue weighted by Gasteiger charge is 2.32. The van der Waals surface area contributed by atoms with Crippen LogP contribution in [-0.2, 0) is 46.9 Å². The Morgan fingerprint density at radius 2 is 1.79 bits per heavy atom. The first-order valence-corrected chi connectivity index (χ1v) is 13.6. The molecule has 180 valence electrons. The molecule has 0 bridgehead atoms. The van der Waals surface area contributed by atoms with E-state index in [0.717, 1.165) is 49.8 Å². The summed E-state index contributed by atoms with van der Waals surface area (Å²) in [5, 5.41) is 3.19. The van der Waals surface area contributed by atoms with Crippen LogP contribution in [0.15, 0.2) is 33.5 Å². The second kappa shape index (κ2) is 8.82. The van der Waals surface area contributed by atoms with E-state index in [0.29, 0.717) is 17.0 Å². The molecule has 0 radical (unpaired) electrons. The first-order chi connectivity index (χ1) is 16.2. The average Bonchev–Trinajstić information content (AvgIpc) is 3.46. The lowest BCUT2D eigenvalue weighted by Gasteiger charge is -2.17. The number of fused-ring (bicyclic) bond motifs is 3. The van der Waals surface area contributed by atoms with Crippen molar-refractivity contribution in [1.82, 2.24) is 9.62 Å². The summed E-state index contributed by atoms with van der Waals surface area (Å²) in [4.78, 5) is 27.9. The Kier molecular flexibility index (Phi) is 5.98. The van der Waals surface area contributed by atoms with Crippen molar-refractivity contribution in [3.63, 3.8) is 0 Å². The van der Waals surface area contributed by atoms with E-state index in [2.05, 4.69) is 20.5 Å². The van der Waals surface area contributed by atoms with Crippen molar-refractivity contribution < 1.29 is 13.8 Å². The van der Waals surface area contributed by atoms with Crippen molar-refractivity contribution in [2.24, 2.45) is 4.36 Å². The third kappa shape index (κ3) is 4.25. The van der Waals surface area contributed by atoms with Gasteiger partial charge in [0.2, 0.25) is 5.91 Å². The van der Waals surface area contributed by atoms with Crippen molar-refractivity contribution >= 4 is 27.4 Å². The number of benzene rings is 2. The molecule has 0 spiro atoms. The van der Waals surface area contributed by atoms with Gasteiger partial charge in [0.1, 0.15) is 0 Å². The van der Waals surface area contributed by atoms with Crippen LogP contribution in [0.2, 0.25) is 0 Å². The monoisotopic (exact) mass is 480 g/mol. The second-order valence-electron chi connectivity index (χ2n) is 9.97. The fourth-order valence-electron chi connectivity index (χ4n) is 5.48. The molecule has 1 heterocycles. The van der Waals surface area contributed by atoms with Gasteiger partial charge in [0.15, 0.2) is 9.92 Å². The van der Waals surface area contributed by atoms with Gasteiger partial charge in [-0.05, 0) is 99.5 Å². The van der Waals surface area contributed by atoms with E-state index in [9.17, 15) is 13.8 Å². The molecule has 34 heavy (non-hydrogen) atoms. The zero-order chi connectivity index (χ0) is 24.0. The van der Waals surface area contributed by atoms with E-state index < -0.39 is 16.0 Å². The fourth-order valence-corrected chi connectivity index (χ4v) is 7.47. The fraction of sp³-hybridized carbons (Fsp3) is 0.462. The van der Waals surface area contributed by atoms with Crippen molar-refractivity contribution in [1.29, 1.82) is 0 Å². The van der Waals surface area contributed by atoms with Gasteiger partial charge in [0.25, 0.3) is 5.91 Å². The van der Waals surface area contributed by atoms with Crippen LogP contribution in [0.25, 0.3) is 0 Å². The highest BCUT2D eigenvalue weighted by Crippen LogP contribution is 2.38. The van der Waals surface area contributed by atoms with E-state index in [-0.39, 0.29) is 18.2 Å². The molecule has 1 aliphatic heterocycles. The Hall–Kier alpha value is -2.71. The Bertz CT molecular complexity index is 1280. The standard InChI is InChI=1S/C26H32N4O3S/c1-16(28-34(33)23-13-17(15-30(2)3)10-11-22(23)26(32)29-34)12-24(31)27-25-20-8-4-6-18(20)14-19-7-5-9-21(19)25/h10-11,13-14,16H,4-9,12,15H2,1-3H3,(H,27,31)(H,28,29,32,33). The SMILES string of the molecule is CC(CC(=O)Nc1c2c(cc3c1CCC3)CCC2)N=S1(=O)NC(=O)c2ccc(CN(C)C)cc21. The molecule has 5 rings (SSSR count). The van der Waals surface area contributed by atoms with Gasteiger partial charge >= 0.3 is 0 Å². The van der Waals surface area contributed by atoms with Crippen LogP contribution >= 0.6 is 0 Å². The van der Waals surface area contributed by atoms with Crippen molar-refractivity contribution in [3.8, 4) is 0 Å². The Morgan fingerprint density at radius 1 is 1.12 bits per heavy atom. The predicted octanol–water partition coefficient (Wildman–Crippen LogP) is 3.63. The minimum Gasteiger partial charge on any atom is -0.325 e. The first-order valence-electron chi connectivity index (χ1n) is 12.1. The molecule has 0 saturated heterocycles. The molecule has 0 fully saturated rings. The quantitative estimate of drug-likeness (QED) is 0.661. The molecule has 0 saturated carbocycles. The van der Waals surface area contributed by atoms with E-state index in [1.807, 2.05) is 25.1 Å². The molecule has 2 atom stereocenters. The van der Waals surface area contributed by atoms with Crippen LogP contribution in [-0.4, -0.2) is 41.1 Å². The number of nitrogens with zero attached hydrogens (tertiary/aromatic N) is 2. The molecular formula is C26H32N4O3S. The number of aryl methyl sites for hydroxylation is 2. The molecule has 8 heteroatoms. The molecule has 0 aromatic heterocycles. The Morgan fingerprint density at radius 3 is 2.44 bits per heavy atom. The number of nitrogens with one attached hydrogen (secondary N) is 2. The van der Waals surface area contributed by atoms with Crippen LogP contribution in [0, 0.1) is 0 Å². The number of hydrogen-bond donors (Lipinski definition) is 2. The van der Waals surface area contributed by atoms with Crippen LogP contribution in [0.3, 0.4) is 0 Å². The summed E-state index contributed by atoms with van der Waals surface area (Å²) in [6, 6.07) is 7.20. The lowest BCUT2D eigenvalue weighted by atomic mass is 9.98. The highest BCUT2D eigenvalue weighted by atomic mass is 32.2. The van der Waals surface area contributed by atoms with E-state index in [1.165, 1.54) is 22.3 Å². The summed E-state index contributed by atoms with van der Waals surface area (Å²) in [6.45, 7) is 2.45. The summed E-state index contributed by atoms with van der Waals surface area (Å²) < 4.78 is 20.7. The van der Waals surface area contributed by atoms with Gasteiger partial charge in [0, 0.05) is 18.7 Å². The minimum atomic E-state index is -3.13. The van der Waals surface area contributed by atoms with Gasteiger partial charge in [0.05, 0.1) is 16.5 Å². The molecule has 2 amide bonds. The molecule has 7 nitrogen and oxygen atoms in total. The summed E-state index contributed by atoms with van der Waals surface area (Å²) in [7, 11) is 0.779. The number of amides is 2. The maximum Gasteiger partial charge on any atom is 0.265 e. The first kappa shape index (κ1) is 23.1. The lowest BCUT2D eigenvalue weighted by Crippen LogP contribution is -2.24. The van der Waals surface area contributed by atoms with Gasteiger partial charge in [-0.1, -0.05) is 12.1 Å². The average molecular weight is 481 g/mol. The number of rotatable bonds is 6. The smallest absolute Gasteiger partial charge is 0.265 e. The maximum atomic E-state index is 13.7. The molecule has 2 aromatic rings. The van der Waals surface area contributed by atoms with Crippen LogP contribution in [0.4, 0.5) is 5.69 Å². The number of carbonyl (C=O) groups excluding carboxylic acids is 2. The number of hydrogen-bond acceptors (Lipinski definition) is 5. The molecule has 3 aliphatic rings. The van der Waals surface area contributed by atoms with Gasteiger partial charge < -0.3 is 10.2 Å². The number of anilines is 1. The summed E-state index contributed by atoms with van der Waals surface area (Å²) in [5.74, 6) is -0.508. The third-order valence-corrected chi connectivity index (χ3v) is 8.92. The summed E-state index contributed by atoms with van der Waals surface area (Å²) >= 11 is 0. The van der Waals surface area contributed by atoms with Gasteiger partial charge in [-0.2, -0.15) is 0 Å². The second-order valence-corrected chi connectivity index (χ2v) is 11.9. The molecule has 2 aromatic carbocycles. The van der Waals surface area contributed by atoms with Gasteiger partial charge in [-0.15, -0.1) is 0 Å². The number of carbonyl (C=O) groups is 2. The van der Waals surface area contributed by atoms with Crippen molar-refractivity contribution in [3.05, 3.63) is 57.6 Å². The van der Waals surface area contributed by atoms with E-state index >= 15 is 0 Å². The molecule has 2 aliphatic carbocycles. The maximum absolute atomic E-state index is 13.7. The zero-order valence-corrected chi connectivity index (χ0v) is 20.9. The molecule has 2 N–H and O–H groups in total. The Labute approximate surface area is 201 Å². The summed E-state index contributed by atoms with van der Waals surface area (Å²) in [5.41, 5.74) is 7.68. The largest absolute Gasteiger partial charge is 0.325 e. The third-order valence-electron chi connectivity index (χ3n) is 6.87. The van der Waals surface area contributed by atoms with Crippen LogP contribution < -0.4 is 10.0 Å². The predicted molar refractivity (Wildman–Crippen MR) is 133 cm³/mol. The lowest BCUT2D eigenvalue weighted by molar-refractivity contribution is -0.116. The zero-order valence-electron chi connectivity index (χ0n) is 20.1. The summed E-state index contributed by atoms with van der Waals surface area (Å²) in [6.07, 6.45) is 6.53. The van der Waals surface area contributed by atoms with E-state index in [4.69, 9.17) is 0 Å². The van der Waals surface area contributed by atoms with E-state index in [1.54, 1.807) is 19.1 Å². The highest BCUT2D eigenvalue weighted by molar-refractivity contribution is 7.93.